The summed E-state index contributed by atoms with van der Waals surface area (Å²) in [6.07, 6.45) is 0.789. The Morgan fingerprint density at radius 1 is 1.50 bits per heavy atom. The Kier molecular flexibility index (Phi) is 6.16. The largest absolute Gasteiger partial charge is 0.458 e. The van der Waals surface area contributed by atoms with Gasteiger partial charge in [-0.2, -0.15) is 0 Å². The summed E-state index contributed by atoms with van der Waals surface area (Å²) in [5, 5.41) is -0.524. The molecule has 1 atom stereocenters. The van der Waals surface area contributed by atoms with Gasteiger partial charge in [-0.15, -0.1) is 11.7 Å². The third kappa shape index (κ3) is 4.31. The van der Waals surface area contributed by atoms with Crippen LogP contribution in [0, 0.1) is 0 Å². The molecule has 0 heterocycles. The van der Waals surface area contributed by atoms with Gasteiger partial charge in [-0.25, -0.2) is 4.79 Å². The third-order valence-corrected chi connectivity index (χ3v) is 3.61. The SMILES string of the molecule is CC(CCOC(=O)S)c1ccccc1SS. The molecule has 1 unspecified atom stereocenters. The van der Waals surface area contributed by atoms with Gasteiger partial charge in [0.15, 0.2) is 0 Å². The molecule has 0 spiro atoms. The predicted octanol–water partition coefficient (Wildman–Crippen LogP) is 4.18. The van der Waals surface area contributed by atoms with Crippen LogP contribution in [-0.4, -0.2) is 11.9 Å². The van der Waals surface area contributed by atoms with Crippen molar-refractivity contribution in [2.75, 3.05) is 6.61 Å². The van der Waals surface area contributed by atoms with Crippen molar-refractivity contribution in [1.82, 2.24) is 0 Å². The molecule has 0 aromatic heterocycles. The Morgan fingerprint density at radius 2 is 2.19 bits per heavy atom. The Labute approximate surface area is 110 Å². The number of ether oxygens (including phenoxy) is 1. The Balaban J connectivity index is 2.58. The monoisotopic (exact) mass is 274 g/mol. The highest BCUT2D eigenvalue weighted by Gasteiger charge is 2.10. The molecule has 0 radical (unpaired) electrons. The van der Waals surface area contributed by atoms with Gasteiger partial charge >= 0.3 is 5.30 Å². The van der Waals surface area contributed by atoms with Crippen LogP contribution in [0.25, 0.3) is 0 Å². The number of rotatable bonds is 5. The normalized spacial score (nSPS) is 12.2. The minimum absolute atomic E-state index is 0.337. The number of benzene rings is 1. The molecule has 0 N–H and O–H groups in total. The minimum atomic E-state index is -0.524. The minimum Gasteiger partial charge on any atom is -0.458 e. The van der Waals surface area contributed by atoms with Gasteiger partial charge in [0.05, 0.1) is 6.61 Å². The number of hydrogen-bond acceptors (Lipinski definition) is 4. The Morgan fingerprint density at radius 3 is 2.81 bits per heavy atom. The molecule has 2 nitrogen and oxygen atoms in total. The number of carbonyl (C=O) groups excluding carboxylic acids is 1. The third-order valence-electron chi connectivity index (χ3n) is 2.32. The molecule has 0 saturated carbocycles. The molecular formula is C11H14O2S3. The van der Waals surface area contributed by atoms with E-state index in [1.54, 1.807) is 0 Å². The van der Waals surface area contributed by atoms with Gasteiger partial charge in [0.2, 0.25) is 0 Å². The van der Waals surface area contributed by atoms with E-state index in [2.05, 4.69) is 37.3 Å². The molecule has 0 aliphatic heterocycles. The molecule has 0 saturated heterocycles. The van der Waals surface area contributed by atoms with Gasteiger partial charge in [0.1, 0.15) is 0 Å². The molecule has 1 aromatic rings. The highest BCUT2D eigenvalue weighted by Crippen LogP contribution is 2.31. The van der Waals surface area contributed by atoms with Crippen molar-refractivity contribution in [3.8, 4) is 0 Å². The standard InChI is InChI=1S/C11H14O2S3/c1-8(6-7-13-11(12)14)9-4-2-3-5-10(9)16-15/h2-5,8,15H,6-7H2,1H3,(H,12,14). The molecule has 1 aromatic carbocycles. The average molecular weight is 274 g/mol. The van der Waals surface area contributed by atoms with E-state index in [-0.39, 0.29) is 0 Å². The average Bonchev–Trinajstić information content (AvgIpc) is 2.28. The Hall–Kier alpha value is -0.260. The molecular weight excluding hydrogens is 260 g/mol. The zero-order chi connectivity index (χ0) is 12.0. The van der Waals surface area contributed by atoms with Crippen LogP contribution >= 0.6 is 35.1 Å². The summed E-state index contributed by atoms with van der Waals surface area (Å²) < 4.78 is 4.81. The quantitative estimate of drug-likeness (QED) is 0.479. The van der Waals surface area contributed by atoms with E-state index in [9.17, 15) is 4.79 Å². The first-order valence-corrected chi connectivity index (χ1v) is 7.22. The smallest absolute Gasteiger partial charge is 0.364 e. The lowest BCUT2D eigenvalue weighted by molar-refractivity contribution is 0.171. The van der Waals surface area contributed by atoms with Crippen molar-refractivity contribution in [2.24, 2.45) is 0 Å². The van der Waals surface area contributed by atoms with Crippen LogP contribution in [-0.2, 0) is 4.74 Å². The van der Waals surface area contributed by atoms with Crippen LogP contribution < -0.4 is 0 Å². The van der Waals surface area contributed by atoms with Crippen molar-refractivity contribution in [1.29, 1.82) is 0 Å². The lowest BCUT2D eigenvalue weighted by Crippen LogP contribution is -2.03. The second kappa shape index (κ2) is 7.14. The highest BCUT2D eigenvalue weighted by atomic mass is 33.1. The molecule has 0 fully saturated rings. The topological polar surface area (TPSA) is 26.3 Å². The van der Waals surface area contributed by atoms with E-state index < -0.39 is 5.30 Å². The van der Waals surface area contributed by atoms with Gasteiger partial charge in [-0.3, -0.25) is 0 Å². The zero-order valence-corrected chi connectivity index (χ0v) is 11.5. The van der Waals surface area contributed by atoms with Crippen molar-refractivity contribution in [2.45, 2.75) is 24.2 Å². The first-order valence-electron chi connectivity index (χ1n) is 4.91. The summed E-state index contributed by atoms with van der Waals surface area (Å²) >= 11 is 7.77. The summed E-state index contributed by atoms with van der Waals surface area (Å²) in [5.74, 6) is 0.337. The van der Waals surface area contributed by atoms with Gasteiger partial charge < -0.3 is 4.74 Å². The van der Waals surface area contributed by atoms with Crippen molar-refractivity contribution < 1.29 is 9.53 Å². The van der Waals surface area contributed by atoms with E-state index in [1.165, 1.54) is 16.4 Å². The number of thiol groups is 2. The van der Waals surface area contributed by atoms with E-state index in [1.807, 2.05) is 18.2 Å². The lowest BCUT2D eigenvalue weighted by atomic mass is 9.98. The van der Waals surface area contributed by atoms with E-state index in [0.717, 1.165) is 11.3 Å². The van der Waals surface area contributed by atoms with Crippen LogP contribution in [0.5, 0.6) is 0 Å². The fourth-order valence-electron chi connectivity index (χ4n) is 1.45. The first-order chi connectivity index (χ1) is 7.65. The Bertz CT molecular complexity index is 355. The molecule has 88 valence electrons. The molecule has 0 amide bonds. The lowest BCUT2D eigenvalue weighted by Gasteiger charge is -2.14. The van der Waals surface area contributed by atoms with Crippen LogP contribution in [0.15, 0.2) is 29.2 Å². The number of hydrogen-bond donors (Lipinski definition) is 2. The highest BCUT2D eigenvalue weighted by molar-refractivity contribution is 8.68. The van der Waals surface area contributed by atoms with Gasteiger partial charge in [0.25, 0.3) is 0 Å². The molecule has 16 heavy (non-hydrogen) atoms. The fraction of sp³-hybridized carbons (Fsp3) is 0.364. The predicted molar refractivity (Wildman–Crippen MR) is 74.7 cm³/mol. The second-order valence-corrected chi connectivity index (χ2v) is 4.97. The second-order valence-electron chi connectivity index (χ2n) is 3.43. The molecule has 0 aliphatic rings. The van der Waals surface area contributed by atoms with Gasteiger partial charge in [-0.1, -0.05) is 48.5 Å². The molecule has 1 rings (SSSR count). The van der Waals surface area contributed by atoms with Gasteiger partial charge in [0, 0.05) is 4.90 Å². The summed E-state index contributed by atoms with van der Waals surface area (Å²) in [6.45, 7) is 2.50. The van der Waals surface area contributed by atoms with Gasteiger partial charge in [-0.05, 0) is 24.0 Å². The summed E-state index contributed by atoms with van der Waals surface area (Å²) in [7, 11) is 1.44. The maximum atomic E-state index is 10.5. The first kappa shape index (κ1) is 13.8. The van der Waals surface area contributed by atoms with E-state index >= 15 is 0 Å². The number of carbonyl (C=O) groups is 1. The van der Waals surface area contributed by atoms with Crippen LogP contribution in [0.4, 0.5) is 4.79 Å². The van der Waals surface area contributed by atoms with Crippen molar-refractivity contribution in [3.63, 3.8) is 0 Å². The summed E-state index contributed by atoms with van der Waals surface area (Å²) in [5.41, 5.74) is 1.23. The summed E-state index contributed by atoms with van der Waals surface area (Å²) in [4.78, 5) is 11.7. The zero-order valence-electron chi connectivity index (χ0n) is 8.92. The maximum Gasteiger partial charge on any atom is 0.364 e. The van der Waals surface area contributed by atoms with E-state index in [0.29, 0.717) is 12.5 Å². The maximum absolute atomic E-state index is 10.5. The summed E-state index contributed by atoms with van der Waals surface area (Å²) in [6, 6.07) is 8.10. The van der Waals surface area contributed by atoms with E-state index in [4.69, 9.17) is 4.74 Å². The van der Waals surface area contributed by atoms with Crippen LogP contribution in [0.3, 0.4) is 0 Å². The van der Waals surface area contributed by atoms with Crippen molar-refractivity contribution >= 4 is 40.4 Å². The van der Waals surface area contributed by atoms with Crippen LogP contribution in [0.2, 0.25) is 0 Å². The van der Waals surface area contributed by atoms with Crippen LogP contribution in [0.1, 0.15) is 24.8 Å². The molecule has 0 bridgehead atoms. The molecule has 5 heteroatoms. The molecule has 0 aliphatic carbocycles. The van der Waals surface area contributed by atoms with Crippen molar-refractivity contribution in [3.05, 3.63) is 29.8 Å². The fourth-order valence-corrected chi connectivity index (χ4v) is 2.55.